The van der Waals surface area contributed by atoms with Crippen LogP contribution in [0.3, 0.4) is 0 Å². The highest BCUT2D eigenvalue weighted by Crippen LogP contribution is 2.28. The van der Waals surface area contributed by atoms with E-state index in [4.69, 9.17) is 21.9 Å². The van der Waals surface area contributed by atoms with Crippen molar-refractivity contribution < 1.29 is 4.52 Å². The van der Waals surface area contributed by atoms with Gasteiger partial charge in [-0.1, -0.05) is 46.6 Å². The zero-order valence-corrected chi connectivity index (χ0v) is 12.3. The van der Waals surface area contributed by atoms with Crippen molar-refractivity contribution in [3.05, 3.63) is 64.4 Å². The monoisotopic (exact) mass is 299 g/mol. The summed E-state index contributed by atoms with van der Waals surface area (Å²) < 4.78 is 5.29. The number of halogens is 1. The molecule has 1 aromatic heterocycles. The average molecular weight is 300 g/mol. The Balaban J connectivity index is 1.86. The summed E-state index contributed by atoms with van der Waals surface area (Å²) in [4.78, 5) is 4.39. The molecule has 5 heteroatoms. The van der Waals surface area contributed by atoms with E-state index in [1.807, 2.05) is 12.1 Å². The largest absolute Gasteiger partial charge is 0.399 e. The summed E-state index contributed by atoms with van der Waals surface area (Å²) in [5.74, 6) is 1.03. The molecule has 0 aliphatic heterocycles. The van der Waals surface area contributed by atoms with Gasteiger partial charge in [-0.3, -0.25) is 0 Å². The summed E-state index contributed by atoms with van der Waals surface area (Å²) in [5, 5.41) is 4.51. The first-order valence-electron chi connectivity index (χ1n) is 6.55. The second-order valence-electron chi connectivity index (χ2n) is 4.92. The zero-order valence-electron chi connectivity index (χ0n) is 11.5. The number of rotatable bonds is 3. The minimum atomic E-state index is 0.405. The summed E-state index contributed by atoms with van der Waals surface area (Å²) in [7, 11) is 0. The molecule has 2 N–H and O–H groups in total. The Bertz CT molecular complexity index is 783. The van der Waals surface area contributed by atoms with Crippen LogP contribution in [0.15, 0.2) is 47.0 Å². The molecular formula is C16H14ClN3O. The van der Waals surface area contributed by atoms with Crippen LogP contribution >= 0.6 is 11.6 Å². The summed E-state index contributed by atoms with van der Waals surface area (Å²) >= 11 is 6.15. The number of nitrogens with zero attached hydrogens (tertiary/aromatic N) is 2. The summed E-state index contributed by atoms with van der Waals surface area (Å²) in [6.07, 6.45) is 0.623. The van der Waals surface area contributed by atoms with Crippen LogP contribution in [0.4, 0.5) is 5.69 Å². The third kappa shape index (κ3) is 3.06. The Morgan fingerprint density at radius 1 is 1.19 bits per heavy atom. The highest BCUT2D eigenvalue weighted by atomic mass is 35.5. The van der Waals surface area contributed by atoms with Gasteiger partial charge in [-0.25, -0.2) is 0 Å². The lowest BCUT2D eigenvalue weighted by molar-refractivity contribution is 0.424. The van der Waals surface area contributed by atoms with E-state index in [0.717, 1.165) is 5.56 Å². The van der Waals surface area contributed by atoms with Crippen LogP contribution in [0.25, 0.3) is 11.5 Å². The van der Waals surface area contributed by atoms with Crippen molar-refractivity contribution in [3.63, 3.8) is 0 Å². The lowest BCUT2D eigenvalue weighted by Gasteiger charge is -1.99. The minimum absolute atomic E-state index is 0.405. The summed E-state index contributed by atoms with van der Waals surface area (Å²) in [6, 6.07) is 13.4. The van der Waals surface area contributed by atoms with Gasteiger partial charge in [-0.2, -0.15) is 4.98 Å². The van der Waals surface area contributed by atoms with Crippen molar-refractivity contribution in [1.29, 1.82) is 0 Å². The number of anilines is 1. The van der Waals surface area contributed by atoms with Crippen LogP contribution in [0.2, 0.25) is 5.02 Å². The molecule has 0 atom stereocenters. The van der Waals surface area contributed by atoms with Gasteiger partial charge >= 0.3 is 0 Å². The number of hydrogen-bond donors (Lipinski definition) is 1. The fourth-order valence-electron chi connectivity index (χ4n) is 2.14. The maximum absolute atomic E-state index is 6.15. The first-order valence-corrected chi connectivity index (χ1v) is 6.93. The summed E-state index contributed by atoms with van der Waals surface area (Å²) in [5.41, 5.74) is 9.32. The molecule has 1 heterocycles. The van der Waals surface area contributed by atoms with Gasteiger partial charge in [0.2, 0.25) is 0 Å². The predicted molar refractivity (Wildman–Crippen MR) is 83.1 cm³/mol. The van der Waals surface area contributed by atoms with Gasteiger partial charge in [0.15, 0.2) is 5.82 Å². The van der Waals surface area contributed by atoms with Crippen LogP contribution in [0, 0.1) is 6.92 Å². The van der Waals surface area contributed by atoms with Crippen molar-refractivity contribution in [2.45, 2.75) is 13.3 Å². The van der Waals surface area contributed by atoms with E-state index >= 15 is 0 Å². The molecule has 0 spiro atoms. The van der Waals surface area contributed by atoms with Crippen molar-refractivity contribution >= 4 is 17.3 Å². The quantitative estimate of drug-likeness (QED) is 0.746. The number of aryl methyl sites for hydroxylation is 1. The normalized spacial score (nSPS) is 10.8. The van der Waals surface area contributed by atoms with Gasteiger partial charge in [0, 0.05) is 12.1 Å². The van der Waals surface area contributed by atoms with E-state index < -0.39 is 0 Å². The average Bonchev–Trinajstić information content (AvgIpc) is 2.87. The zero-order chi connectivity index (χ0) is 14.8. The van der Waals surface area contributed by atoms with Crippen LogP contribution in [-0.4, -0.2) is 10.1 Å². The third-order valence-corrected chi connectivity index (χ3v) is 3.45. The second-order valence-corrected chi connectivity index (χ2v) is 5.33. The minimum Gasteiger partial charge on any atom is -0.399 e. The lowest BCUT2D eigenvalue weighted by Crippen LogP contribution is -1.91. The van der Waals surface area contributed by atoms with Gasteiger partial charge in [-0.15, -0.1) is 0 Å². The predicted octanol–water partition coefficient (Wildman–Crippen LogP) is 3.87. The number of nitrogens with two attached hydrogens (primary N) is 1. The first-order chi connectivity index (χ1) is 10.1. The van der Waals surface area contributed by atoms with E-state index in [2.05, 4.69) is 29.2 Å². The van der Waals surface area contributed by atoms with E-state index in [1.165, 1.54) is 5.56 Å². The molecule has 0 aliphatic rings. The standard InChI is InChI=1S/C16H14ClN3O/c1-10-3-2-4-11(7-10)8-15-19-16(21-20-15)13-6-5-12(18)9-14(13)17/h2-7,9H,8,18H2,1H3. The number of nitrogen functional groups attached to an aromatic ring is 1. The van der Waals surface area contributed by atoms with Gasteiger partial charge in [0.1, 0.15) is 0 Å². The Kier molecular flexibility index (Phi) is 3.62. The van der Waals surface area contributed by atoms with E-state index in [-0.39, 0.29) is 0 Å². The third-order valence-electron chi connectivity index (χ3n) is 3.14. The van der Waals surface area contributed by atoms with Crippen LogP contribution in [-0.2, 0) is 6.42 Å². The van der Waals surface area contributed by atoms with Gasteiger partial charge in [0.05, 0.1) is 10.6 Å². The molecule has 0 amide bonds. The molecule has 0 fully saturated rings. The molecule has 0 radical (unpaired) electrons. The van der Waals surface area contributed by atoms with E-state index in [0.29, 0.717) is 34.4 Å². The molecule has 0 unspecified atom stereocenters. The van der Waals surface area contributed by atoms with E-state index in [1.54, 1.807) is 18.2 Å². The second kappa shape index (κ2) is 5.58. The Labute approximate surface area is 127 Å². The Morgan fingerprint density at radius 3 is 2.81 bits per heavy atom. The number of aromatic nitrogens is 2. The molecular weight excluding hydrogens is 286 g/mol. The van der Waals surface area contributed by atoms with Crippen molar-refractivity contribution in [3.8, 4) is 11.5 Å². The molecule has 3 rings (SSSR count). The maximum Gasteiger partial charge on any atom is 0.259 e. The first kappa shape index (κ1) is 13.6. The lowest BCUT2D eigenvalue weighted by atomic mass is 10.1. The van der Waals surface area contributed by atoms with Gasteiger partial charge in [0.25, 0.3) is 5.89 Å². The fourth-order valence-corrected chi connectivity index (χ4v) is 2.41. The number of benzene rings is 2. The molecule has 0 bridgehead atoms. The van der Waals surface area contributed by atoms with Crippen molar-refractivity contribution in [2.24, 2.45) is 0 Å². The highest BCUT2D eigenvalue weighted by molar-refractivity contribution is 6.33. The Morgan fingerprint density at radius 2 is 2.05 bits per heavy atom. The molecule has 3 aromatic rings. The molecule has 106 valence electrons. The topological polar surface area (TPSA) is 64.9 Å². The SMILES string of the molecule is Cc1cccc(Cc2noc(-c3ccc(N)cc3Cl)n2)c1. The molecule has 0 saturated heterocycles. The van der Waals surface area contributed by atoms with Gasteiger partial charge < -0.3 is 10.3 Å². The fraction of sp³-hybridized carbons (Fsp3) is 0.125. The van der Waals surface area contributed by atoms with Crippen LogP contribution in [0.1, 0.15) is 17.0 Å². The van der Waals surface area contributed by atoms with Crippen LogP contribution in [0.5, 0.6) is 0 Å². The molecule has 21 heavy (non-hydrogen) atoms. The van der Waals surface area contributed by atoms with Crippen molar-refractivity contribution in [2.75, 3.05) is 5.73 Å². The van der Waals surface area contributed by atoms with Crippen LogP contribution < -0.4 is 5.73 Å². The molecule has 0 saturated carbocycles. The Hall–Kier alpha value is -2.33. The molecule has 2 aromatic carbocycles. The number of hydrogen-bond acceptors (Lipinski definition) is 4. The maximum atomic E-state index is 6.15. The smallest absolute Gasteiger partial charge is 0.259 e. The summed E-state index contributed by atoms with van der Waals surface area (Å²) in [6.45, 7) is 2.05. The van der Waals surface area contributed by atoms with Gasteiger partial charge in [-0.05, 0) is 30.7 Å². The molecule has 4 nitrogen and oxygen atoms in total. The van der Waals surface area contributed by atoms with E-state index in [9.17, 15) is 0 Å². The van der Waals surface area contributed by atoms with Crippen molar-refractivity contribution in [1.82, 2.24) is 10.1 Å². The molecule has 0 aliphatic carbocycles. The highest BCUT2D eigenvalue weighted by Gasteiger charge is 2.12.